The zero-order valence-electron chi connectivity index (χ0n) is 20.2. The maximum atomic E-state index is 12.5. The maximum Gasteiger partial charge on any atom is 0.326 e. The molecule has 0 bridgehead atoms. The van der Waals surface area contributed by atoms with E-state index in [0.717, 1.165) is 6.42 Å². The first-order chi connectivity index (χ1) is 16.4. The number of hydrogen-bond acceptors (Lipinski definition) is 8. The molecule has 10 N–H and O–H groups in total. The van der Waals surface area contributed by atoms with E-state index in [1.165, 1.54) is 0 Å². The summed E-state index contributed by atoms with van der Waals surface area (Å²) in [5.74, 6) is -5.26. The molecule has 4 amide bonds. The van der Waals surface area contributed by atoms with Gasteiger partial charge in [-0.1, -0.05) is 20.3 Å². The number of amides is 4. The van der Waals surface area contributed by atoms with Crippen LogP contribution in [0.1, 0.15) is 52.4 Å². The molecule has 0 aliphatic rings. The number of hydrogen-bond donors (Lipinski definition) is 8. The maximum absolute atomic E-state index is 12.5. The Hall–Kier alpha value is -3.26. The van der Waals surface area contributed by atoms with E-state index in [4.69, 9.17) is 21.7 Å². The van der Waals surface area contributed by atoms with Gasteiger partial charge in [0, 0.05) is 6.42 Å². The third-order valence-corrected chi connectivity index (χ3v) is 4.79. The van der Waals surface area contributed by atoms with Crippen LogP contribution in [0.2, 0.25) is 0 Å². The summed E-state index contributed by atoms with van der Waals surface area (Å²) in [6.45, 7) is 3.16. The Balaban J connectivity index is 4.74. The van der Waals surface area contributed by atoms with Gasteiger partial charge in [-0.05, 0) is 38.1 Å². The second kappa shape index (κ2) is 17.2. The van der Waals surface area contributed by atoms with E-state index in [-0.39, 0.29) is 18.8 Å². The predicted octanol–water partition coefficient (Wildman–Crippen LogP) is -2.36. The van der Waals surface area contributed by atoms with Crippen molar-refractivity contribution in [3.8, 4) is 0 Å². The third-order valence-electron chi connectivity index (χ3n) is 4.79. The van der Waals surface area contributed by atoms with Crippen molar-refractivity contribution in [1.29, 1.82) is 0 Å². The van der Waals surface area contributed by atoms with Crippen LogP contribution in [0.5, 0.6) is 0 Å². The number of unbranched alkanes of at least 4 members (excludes halogenated alkanes) is 1. The summed E-state index contributed by atoms with van der Waals surface area (Å²) < 4.78 is 0. The molecular weight excluding hydrogens is 464 g/mol. The zero-order chi connectivity index (χ0) is 27.0. The normalized spacial score (nSPS) is 13.3. The summed E-state index contributed by atoms with van der Waals surface area (Å²) in [5, 5.41) is 27.1. The Kier molecular flexibility index (Phi) is 15.6. The van der Waals surface area contributed by atoms with Crippen molar-refractivity contribution in [2.45, 2.75) is 70.5 Å². The molecule has 0 aliphatic carbocycles. The molecule has 200 valence electrons. The average Bonchev–Trinajstić information content (AvgIpc) is 2.77. The Labute approximate surface area is 203 Å². The highest BCUT2D eigenvalue weighted by Crippen LogP contribution is 2.05. The quantitative estimate of drug-likeness (QED) is 0.0926. The van der Waals surface area contributed by atoms with Crippen LogP contribution >= 0.6 is 0 Å². The summed E-state index contributed by atoms with van der Waals surface area (Å²) in [5.41, 5.74) is 11.2. The van der Waals surface area contributed by atoms with Gasteiger partial charge in [-0.2, -0.15) is 0 Å². The lowest BCUT2D eigenvalue weighted by molar-refractivity contribution is -0.143. The highest BCUT2D eigenvalue weighted by atomic mass is 16.4. The fraction of sp³-hybridized carbons (Fsp3) is 0.714. The van der Waals surface area contributed by atoms with Crippen LogP contribution in [-0.2, 0) is 28.8 Å². The number of carbonyl (C=O) groups is 6. The average molecular weight is 503 g/mol. The lowest BCUT2D eigenvalue weighted by atomic mass is 10.0. The highest BCUT2D eigenvalue weighted by Gasteiger charge is 2.25. The first-order valence-electron chi connectivity index (χ1n) is 11.4. The molecular formula is C21H38N6O8. The van der Waals surface area contributed by atoms with E-state index < -0.39 is 73.2 Å². The molecule has 0 saturated carbocycles. The van der Waals surface area contributed by atoms with E-state index in [2.05, 4.69) is 21.3 Å². The summed E-state index contributed by atoms with van der Waals surface area (Å²) in [6, 6.07) is -3.22. The summed E-state index contributed by atoms with van der Waals surface area (Å²) in [4.78, 5) is 70.6. The second-order valence-electron chi connectivity index (χ2n) is 8.47. The van der Waals surface area contributed by atoms with E-state index in [9.17, 15) is 28.8 Å². The van der Waals surface area contributed by atoms with Crippen LogP contribution in [0.3, 0.4) is 0 Å². The van der Waals surface area contributed by atoms with Gasteiger partial charge in [-0.3, -0.25) is 24.0 Å². The molecule has 0 heterocycles. The van der Waals surface area contributed by atoms with E-state index in [1.807, 2.05) is 13.8 Å². The molecule has 0 fully saturated rings. The van der Waals surface area contributed by atoms with Crippen molar-refractivity contribution in [1.82, 2.24) is 21.3 Å². The number of nitrogens with one attached hydrogen (secondary N) is 4. The van der Waals surface area contributed by atoms with Gasteiger partial charge < -0.3 is 42.9 Å². The van der Waals surface area contributed by atoms with E-state index in [1.54, 1.807) is 0 Å². The van der Waals surface area contributed by atoms with Crippen molar-refractivity contribution in [2.75, 3.05) is 19.6 Å². The third kappa shape index (κ3) is 15.3. The monoisotopic (exact) mass is 502 g/mol. The molecule has 35 heavy (non-hydrogen) atoms. The fourth-order valence-electron chi connectivity index (χ4n) is 2.95. The fourth-order valence-corrected chi connectivity index (χ4v) is 2.95. The molecule has 14 nitrogen and oxygen atoms in total. The van der Waals surface area contributed by atoms with Gasteiger partial charge in [0.05, 0.1) is 19.1 Å². The molecule has 0 aromatic carbocycles. The first-order valence-corrected chi connectivity index (χ1v) is 11.4. The van der Waals surface area contributed by atoms with Gasteiger partial charge in [0.25, 0.3) is 0 Å². The Bertz CT molecular complexity index is 745. The zero-order valence-corrected chi connectivity index (χ0v) is 20.2. The topological polar surface area (TPSA) is 243 Å². The van der Waals surface area contributed by atoms with Crippen molar-refractivity contribution in [3.05, 3.63) is 0 Å². The number of rotatable bonds is 18. The summed E-state index contributed by atoms with van der Waals surface area (Å²) in [6.07, 6.45) is 1.28. The minimum absolute atomic E-state index is 0.00200. The van der Waals surface area contributed by atoms with Gasteiger partial charge in [-0.15, -0.1) is 0 Å². The number of carboxylic acid groups (broad SMARTS) is 2. The van der Waals surface area contributed by atoms with Crippen molar-refractivity contribution in [2.24, 2.45) is 17.4 Å². The summed E-state index contributed by atoms with van der Waals surface area (Å²) >= 11 is 0. The molecule has 0 saturated heterocycles. The minimum atomic E-state index is -1.42. The molecule has 3 atom stereocenters. The molecule has 14 heteroatoms. The van der Waals surface area contributed by atoms with Crippen molar-refractivity contribution >= 4 is 35.6 Å². The molecule has 0 aromatic heterocycles. The van der Waals surface area contributed by atoms with Crippen LogP contribution < -0.4 is 32.7 Å². The lowest BCUT2D eigenvalue weighted by Crippen LogP contribution is -2.53. The molecule has 0 radical (unpaired) electrons. The van der Waals surface area contributed by atoms with Gasteiger partial charge in [-0.25, -0.2) is 4.79 Å². The van der Waals surface area contributed by atoms with E-state index in [0.29, 0.717) is 19.4 Å². The Morgan fingerprint density at radius 1 is 0.800 bits per heavy atom. The van der Waals surface area contributed by atoms with Crippen LogP contribution in [0.4, 0.5) is 0 Å². The highest BCUT2D eigenvalue weighted by molar-refractivity contribution is 5.93. The SMILES string of the molecule is CC(C)C[C@H](NC(=O)CNC(=O)[C@@H](N)CCCCN)C(=O)NCC(=O)N[C@@H](CCC(=O)O)C(=O)O. The number of carboxylic acids is 2. The molecule has 0 rings (SSSR count). The van der Waals surface area contributed by atoms with Crippen molar-refractivity contribution in [3.63, 3.8) is 0 Å². The lowest BCUT2D eigenvalue weighted by Gasteiger charge is -2.21. The number of nitrogens with two attached hydrogens (primary N) is 2. The van der Waals surface area contributed by atoms with Gasteiger partial charge in [0.15, 0.2) is 0 Å². The number of aliphatic carboxylic acids is 2. The van der Waals surface area contributed by atoms with E-state index >= 15 is 0 Å². The largest absolute Gasteiger partial charge is 0.481 e. The van der Waals surface area contributed by atoms with Crippen molar-refractivity contribution < 1.29 is 39.0 Å². The van der Waals surface area contributed by atoms with Gasteiger partial charge in [0.2, 0.25) is 23.6 Å². The Morgan fingerprint density at radius 2 is 1.34 bits per heavy atom. The molecule has 0 aliphatic heterocycles. The molecule has 0 spiro atoms. The Morgan fingerprint density at radius 3 is 1.83 bits per heavy atom. The molecule has 0 unspecified atom stereocenters. The standard InChI is InChI=1S/C21H38N6O8/c1-12(2)9-15(27-17(29)10-24-19(32)13(23)5-3-4-8-22)20(33)25-11-16(28)26-14(21(34)35)6-7-18(30)31/h12-15H,3-11,22-23H2,1-2H3,(H,24,32)(H,25,33)(H,26,28)(H,27,29)(H,30,31)(H,34,35)/t13-,14-,15-/m0/s1. The first kappa shape index (κ1) is 31.7. The van der Waals surface area contributed by atoms with Crippen LogP contribution in [0.15, 0.2) is 0 Å². The summed E-state index contributed by atoms with van der Waals surface area (Å²) in [7, 11) is 0. The molecule has 0 aromatic rings. The van der Waals surface area contributed by atoms with Crippen LogP contribution in [0, 0.1) is 5.92 Å². The minimum Gasteiger partial charge on any atom is -0.481 e. The van der Waals surface area contributed by atoms with Gasteiger partial charge in [0.1, 0.15) is 12.1 Å². The van der Waals surface area contributed by atoms with Crippen LogP contribution in [-0.4, -0.2) is 83.5 Å². The van der Waals surface area contributed by atoms with Gasteiger partial charge >= 0.3 is 11.9 Å². The van der Waals surface area contributed by atoms with Crippen LogP contribution in [0.25, 0.3) is 0 Å². The predicted molar refractivity (Wildman–Crippen MR) is 125 cm³/mol. The smallest absolute Gasteiger partial charge is 0.326 e. The number of carbonyl (C=O) groups excluding carboxylic acids is 4. The second-order valence-corrected chi connectivity index (χ2v) is 8.47.